The molecular weight excluding hydrogens is 350 g/mol. The third kappa shape index (κ3) is 2.02. The minimum Gasteiger partial charge on any atom is -0.279 e. The van der Waals surface area contributed by atoms with E-state index in [-0.39, 0.29) is 16.9 Å². The van der Waals surface area contributed by atoms with Crippen LogP contribution in [0.5, 0.6) is 0 Å². The standard InChI is InChI=1S/C28H21N/c1-4-13-22(14-5-1)27(23-15-6-2-7-16-23)26-25-19-11-10-12-21(25)20-29-28(26,27)24-17-8-3-9-18-24/h1-20,26H. The Morgan fingerprint density at radius 2 is 1.00 bits per heavy atom. The summed E-state index contributed by atoms with van der Waals surface area (Å²) in [5, 5.41) is 0. The summed E-state index contributed by atoms with van der Waals surface area (Å²) in [5.74, 6) is 0.267. The predicted molar refractivity (Wildman–Crippen MR) is 119 cm³/mol. The van der Waals surface area contributed by atoms with Crippen LogP contribution in [0.1, 0.15) is 33.7 Å². The zero-order valence-corrected chi connectivity index (χ0v) is 16.1. The van der Waals surface area contributed by atoms with Crippen molar-refractivity contribution in [3.05, 3.63) is 143 Å². The maximum absolute atomic E-state index is 5.33. The molecule has 1 fully saturated rings. The summed E-state index contributed by atoms with van der Waals surface area (Å²) in [6, 6.07) is 41.5. The largest absolute Gasteiger partial charge is 0.279 e. The third-order valence-electron chi connectivity index (χ3n) is 6.76. The molecule has 1 aliphatic heterocycles. The van der Waals surface area contributed by atoms with Crippen LogP contribution in [0.4, 0.5) is 0 Å². The highest BCUT2D eigenvalue weighted by molar-refractivity contribution is 5.88. The number of fused-ring (bicyclic) bond motifs is 3. The van der Waals surface area contributed by atoms with Crippen LogP contribution in [0.25, 0.3) is 0 Å². The molecule has 0 aromatic heterocycles. The first-order valence-corrected chi connectivity index (χ1v) is 10.2. The number of hydrogen-bond donors (Lipinski definition) is 0. The van der Waals surface area contributed by atoms with Gasteiger partial charge in [0.15, 0.2) is 0 Å². The van der Waals surface area contributed by atoms with Crippen LogP contribution < -0.4 is 0 Å². The van der Waals surface area contributed by atoms with Crippen LogP contribution in [-0.2, 0) is 11.0 Å². The van der Waals surface area contributed by atoms with E-state index in [1.165, 1.54) is 27.8 Å². The Balaban J connectivity index is 1.73. The van der Waals surface area contributed by atoms with Gasteiger partial charge in [-0.25, -0.2) is 0 Å². The maximum Gasteiger partial charge on any atom is 0.108 e. The second-order valence-electron chi connectivity index (χ2n) is 7.99. The molecule has 0 radical (unpaired) electrons. The second-order valence-corrected chi connectivity index (χ2v) is 7.99. The van der Waals surface area contributed by atoms with E-state index in [0.29, 0.717) is 0 Å². The first kappa shape index (κ1) is 16.5. The first-order chi connectivity index (χ1) is 14.4. The van der Waals surface area contributed by atoms with E-state index in [1.807, 2.05) is 0 Å². The zero-order chi connectivity index (χ0) is 19.3. The molecule has 4 aromatic rings. The summed E-state index contributed by atoms with van der Waals surface area (Å²) in [6.07, 6.45) is 2.09. The predicted octanol–water partition coefficient (Wildman–Crippen LogP) is 6.10. The van der Waals surface area contributed by atoms with Gasteiger partial charge in [0.25, 0.3) is 0 Å². The molecule has 1 aliphatic carbocycles. The average Bonchev–Trinajstić information content (AvgIpc) is 3.47. The summed E-state index contributed by atoms with van der Waals surface area (Å²) in [5.41, 5.74) is 6.01. The number of hydrogen-bond acceptors (Lipinski definition) is 1. The van der Waals surface area contributed by atoms with Crippen molar-refractivity contribution in [2.24, 2.45) is 4.99 Å². The molecule has 0 spiro atoms. The zero-order valence-electron chi connectivity index (χ0n) is 16.1. The van der Waals surface area contributed by atoms with Gasteiger partial charge in [0.2, 0.25) is 0 Å². The highest BCUT2D eigenvalue weighted by Crippen LogP contribution is 2.79. The molecule has 2 unspecified atom stereocenters. The second kappa shape index (κ2) is 6.02. The van der Waals surface area contributed by atoms with E-state index in [9.17, 15) is 0 Å². The molecule has 0 bridgehead atoms. The van der Waals surface area contributed by atoms with Crippen LogP contribution in [0.15, 0.2) is 120 Å². The van der Waals surface area contributed by atoms with Gasteiger partial charge in [-0.3, -0.25) is 4.99 Å². The highest BCUT2D eigenvalue weighted by Gasteiger charge is 2.80. The van der Waals surface area contributed by atoms with Crippen molar-refractivity contribution >= 4 is 6.21 Å². The van der Waals surface area contributed by atoms with Crippen molar-refractivity contribution in [2.75, 3.05) is 0 Å². The molecule has 138 valence electrons. The van der Waals surface area contributed by atoms with Crippen LogP contribution in [-0.4, -0.2) is 6.21 Å². The fourth-order valence-corrected chi connectivity index (χ4v) is 5.66. The maximum atomic E-state index is 5.33. The van der Waals surface area contributed by atoms with Crippen molar-refractivity contribution < 1.29 is 0 Å². The third-order valence-corrected chi connectivity index (χ3v) is 6.76. The van der Waals surface area contributed by atoms with E-state index in [4.69, 9.17) is 4.99 Å². The van der Waals surface area contributed by atoms with E-state index >= 15 is 0 Å². The van der Waals surface area contributed by atoms with Crippen LogP contribution >= 0.6 is 0 Å². The van der Waals surface area contributed by atoms with E-state index < -0.39 is 0 Å². The molecule has 4 aromatic carbocycles. The number of nitrogens with zero attached hydrogens (tertiary/aromatic N) is 1. The van der Waals surface area contributed by atoms with Crippen molar-refractivity contribution in [1.82, 2.24) is 0 Å². The SMILES string of the molecule is C1=NC2(c3ccccc3)C(c3ccccc31)C2(c1ccccc1)c1ccccc1. The molecular formula is C28H21N. The summed E-state index contributed by atoms with van der Waals surface area (Å²) >= 11 is 0. The molecule has 2 aliphatic rings. The molecule has 1 nitrogen and oxygen atoms in total. The Morgan fingerprint density at radius 3 is 1.59 bits per heavy atom. The highest BCUT2D eigenvalue weighted by atomic mass is 15.0. The number of rotatable bonds is 3. The number of aliphatic imine (C=N–C) groups is 1. The average molecular weight is 371 g/mol. The molecule has 29 heavy (non-hydrogen) atoms. The number of benzene rings is 4. The minimum atomic E-state index is -0.328. The van der Waals surface area contributed by atoms with Gasteiger partial charge in [0.05, 0.1) is 5.41 Å². The van der Waals surface area contributed by atoms with Gasteiger partial charge in [-0.15, -0.1) is 0 Å². The normalized spacial score (nSPS) is 23.1. The van der Waals surface area contributed by atoms with E-state index in [2.05, 4.69) is 121 Å². The fourth-order valence-electron chi connectivity index (χ4n) is 5.66. The lowest BCUT2D eigenvalue weighted by molar-refractivity contribution is 0.625. The van der Waals surface area contributed by atoms with Gasteiger partial charge in [-0.2, -0.15) is 0 Å². The molecule has 1 saturated carbocycles. The molecule has 0 amide bonds. The van der Waals surface area contributed by atoms with Crippen molar-refractivity contribution in [1.29, 1.82) is 0 Å². The monoisotopic (exact) mass is 371 g/mol. The molecule has 0 saturated heterocycles. The van der Waals surface area contributed by atoms with E-state index in [0.717, 1.165) is 0 Å². The quantitative estimate of drug-likeness (QED) is 0.413. The first-order valence-electron chi connectivity index (χ1n) is 10.2. The van der Waals surface area contributed by atoms with Crippen LogP contribution in [0.2, 0.25) is 0 Å². The summed E-state index contributed by atoms with van der Waals surface area (Å²) < 4.78 is 0. The Labute approximate surface area is 171 Å². The summed E-state index contributed by atoms with van der Waals surface area (Å²) in [4.78, 5) is 5.33. The lowest BCUT2D eigenvalue weighted by atomic mass is 9.80. The molecule has 1 heteroatoms. The van der Waals surface area contributed by atoms with Crippen molar-refractivity contribution in [2.45, 2.75) is 16.9 Å². The van der Waals surface area contributed by atoms with Gasteiger partial charge >= 0.3 is 0 Å². The van der Waals surface area contributed by atoms with Gasteiger partial charge in [-0.05, 0) is 27.8 Å². The molecule has 2 atom stereocenters. The van der Waals surface area contributed by atoms with E-state index in [1.54, 1.807) is 0 Å². The summed E-state index contributed by atoms with van der Waals surface area (Å²) in [6.45, 7) is 0. The van der Waals surface area contributed by atoms with Crippen molar-refractivity contribution in [3.63, 3.8) is 0 Å². The summed E-state index contributed by atoms with van der Waals surface area (Å²) in [7, 11) is 0. The van der Waals surface area contributed by atoms with Gasteiger partial charge in [-0.1, -0.05) is 115 Å². The Kier molecular flexibility index (Phi) is 3.43. The van der Waals surface area contributed by atoms with Crippen molar-refractivity contribution in [3.8, 4) is 0 Å². The topological polar surface area (TPSA) is 12.4 Å². The van der Waals surface area contributed by atoms with Gasteiger partial charge < -0.3 is 0 Å². The molecule has 6 rings (SSSR count). The van der Waals surface area contributed by atoms with Gasteiger partial charge in [0.1, 0.15) is 5.54 Å². The minimum absolute atomic E-state index is 0.222. The Bertz CT molecular complexity index is 1160. The Hall–Kier alpha value is -3.45. The Morgan fingerprint density at radius 1 is 0.517 bits per heavy atom. The lowest BCUT2D eigenvalue weighted by Gasteiger charge is -2.24. The molecule has 0 N–H and O–H groups in total. The fraction of sp³-hybridized carbons (Fsp3) is 0.107. The van der Waals surface area contributed by atoms with Gasteiger partial charge in [0, 0.05) is 12.1 Å². The lowest BCUT2D eigenvalue weighted by Crippen LogP contribution is -2.22. The van der Waals surface area contributed by atoms with Crippen LogP contribution in [0.3, 0.4) is 0 Å². The smallest absolute Gasteiger partial charge is 0.108 e. The van der Waals surface area contributed by atoms with Crippen LogP contribution in [0, 0.1) is 0 Å². The molecule has 1 heterocycles.